The van der Waals surface area contributed by atoms with Gasteiger partial charge in [0.25, 0.3) is 5.91 Å². The van der Waals surface area contributed by atoms with E-state index >= 15 is 4.79 Å². The van der Waals surface area contributed by atoms with Gasteiger partial charge in [-0.2, -0.15) is 0 Å². The molecule has 0 radical (unpaired) electrons. The zero-order valence-corrected chi connectivity index (χ0v) is 37.7. The van der Waals surface area contributed by atoms with Crippen LogP contribution in [-0.4, -0.2) is 96.2 Å². The highest BCUT2D eigenvalue weighted by Crippen LogP contribution is 2.65. The first-order chi connectivity index (χ1) is 28.4. The highest BCUT2D eigenvalue weighted by atomic mass is 32.2. The number of nitrogens with one attached hydrogen (secondary N) is 4. The summed E-state index contributed by atoms with van der Waals surface area (Å²) in [5.74, 6) is -2.78. The third-order valence-electron chi connectivity index (χ3n) is 15.0. The molecule has 4 saturated carbocycles. The number of amides is 5. The van der Waals surface area contributed by atoms with Crippen molar-refractivity contribution in [3.63, 3.8) is 0 Å². The molecule has 1 aromatic rings. The lowest BCUT2D eigenvalue weighted by Gasteiger charge is -2.44. The number of benzene rings is 1. The molecule has 0 aromatic heterocycles. The smallest absolute Gasteiger partial charge is 0.315 e. The number of Topliss-reactive ketones (excluding diaryl/α,β-unsaturated/α-hetero) is 1. The minimum Gasteiger partial charge on any atom is -0.376 e. The molecule has 60 heavy (non-hydrogen) atoms. The summed E-state index contributed by atoms with van der Waals surface area (Å²) >= 11 is 0. The fourth-order valence-electron chi connectivity index (χ4n) is 10.3. The molecule has 4 N–H and O–H groups in total. The normalized spacial score (nSPS) is 26.8. The molecule has 0 bridgehead atoms. The second-order valence-corrected chi connectivity index (χ2v) is 22.6. The van der Waals surface area contributed by atoms with E-state index in [0.717, 1.165) is 56.9 Å². The molecule has 6 rings (SSSR count). The van der Waals surface area contributed by atoms with Gasteiger partial charge in [-0.1, -0.05) is 103 Å². The number of hydrogen-bond donors (Lipinski definition) is 4. The van der Waals surface area contributed by atoms with E-state index in [4.69, 9.17) is 4.74 Å². The van der Waals surface area contributed by atoms with Crippen molar-refractivity contribution in [3.05, 3.63) is 35.9 Å². The summed E-state index contributed by atoms with van der Waals surface area (Å²) in [5.41, 5.74) is -1.000. The number of nitrogens with zero attached hydrogens (tertiary/aromatic N) is 1. The minimum atomic E-state index is -3.61. The van der Waals surface area contributed by atoms with Gasteiger partial charge in [0, 0.05) is 23.9 Å². The molecule has 1 unspecified atom stereocenters. The van der Waals surface area contributed by atoms with Crippen molar-refractivity contribution >= 4 is 39.4 Å². The monoisotopic (exact) mass is 854 g/mol. The Bertz CT molecular complexity index is 1840. The molecule has 1 heterocycles. The van der Waals surface area contributed by atoms with Crippen molar-refractivity contribution in [1.82, 2.24) is 26.2 Å². The highest BCUT2D eigenvalue weighted by Gasteiger charge is 2.72. The number of ether oxygens (including phenoxy) is 1. The Morgan fingerprint density at radius 1 is 0.900 bits per heavy atom. The van der Waals surface area contributed by atoms with E-state index in [-0.39, 0.29) is 42.5 Å². The van der Waals surface area contributed by atoms with Gasteiger partial charge in [-0.3, -0.25) is 19.2 Å². The van der Waals surface area contributed by atoms with Gasteiger partial charge in [0.2, 0.25) is 17.6 Å². The van der Waals surface area contributed by atoms with Crippen molar-refractivity contribution in [2.45, 2.75) is 179 Å². The molecule has 0 spiro atoms. The molecule has 1 aromatic carbocycles. The number of carbonyl (C=O) groups is 5. The van der Waals surface area contributed by atoms with Crippen LogP contribution >= 0.6 is 0 Å². The second kappa shape index (κ2) is 18.4. The van der Waals surface area contributed by atoms with Crippen LogP contribution < -0.4 is 21.3 Å². The van der Waals surface area contributed by atoms with Gasteiger partial charge in [-0.15, -0.1) is 0 Å². The molecule has 5 fully saturated rings. The Kier molecular flexibility index (Phi) is 14.1. The molecular weight excluding hydrogens is 783 g/mol. The molecule has 14 heteroatoms. The SMILES string of the molecule is CCCC(NC(=O)[C@@H]1[C@@H]2[C@H](CN1C(=O)[C@@H](NC(=O)NC1(CS(=O)(=O)C(C)(C)CC)CCCCC1)C1(C)CCCCC1)[C@@]2(C)COCc1ccccc1)C(=O)C(=O)NC1CC1. The van der Waals surface area contributed by atoms with E-state index in [9.17, 15) is 27.6 Å². The van der Waals surface area contributed by atoms with Gasteiger partial charge in [-0.25, -0.2) is 13.2 Å². The molecule has 6 atom stereocenters. The molecule has 5 amide bonds. The van der Waals surface area contributed by atoms with Gasteiger partial charge in [0.15, 0.2) is 9.84 Å². The van der Waals surface area contributed by atoms with Crippen molar-refractivity contribution < 1.29 is 37.1 Å². The maximum absolute atomic E-state index is 15.3. The zero-order valence-electron chi connectivity index (χ0n) is 36.9. The number of ketones is 1. The average Bonchev–Trinajstić information content (AvgIpc) is 4.08. The van der Waals surface area contributed by atoms with Crippen molar-refractivity contribution in [3.8, 4) is 0 Å². The van der Waals surface area contributed by atoms with Crippen molar-refractivity contribution in [1.29, 1.82) is 0 Å². The quantitative estimate of drug-likeness (QED) is 0.127. The Morgan fingerprint density at radius 3 is 2.13 bits per heavy atom. The summed E-state index contributed by atoms with van der Waals surface area (Å²) in [7, 11) is -3.61. The largest absolute Gasteiger partial charge is 0.376 e. The van der Waals surface area contributed by atoms with Crippen LogP contribution in [0.15, 0.2) is 30.3 Å². The van der Waals surface area contributed by atoms with Crippen molar-refractivity contribution in [2.24, 2.45) is 22.7 Å². The molecule has 4 aliphatic carbocycles. The van der Waals surface area contributed by atoms with E-state index in [1.54, 1.807) is 18.7 Å². The minimum absolute atomic E-state index is 0.0189. The highest BCUT2D eigenvalue weighted by molar-refractivity contribution is 7.92. The van der Waals surface area contributed by atoms with Crippen LogP contribution in [-0.2, 0) is 40.4 Å². The first kappa shape index (κ1) is 46.0. The van der Waals surface area contributed by atoms with E-state index < -0.39 is 72.7 Å². The lowest BCUT2D eigenvalue weighted by molar-refractivity contribution is -0.146. The fraction of sp³-hybridized carbons (Fsp3) is 0.761. The lowest BCUT2D eigenvalue weighted by atomic mass is 9.70. The molecule has 13 nitrogen and oxygen atoms in total. The third-order valence-corrected chi connectivity index (χ3v) is 17.9. The Hall–Kier alpha value is -3.52. The third kappa shape index (κ3) is 10.1. The van der Waals surface area contributed by atoms with Gasteiger partial charge in [0.1, 0.15) is 12.1 Å². The maximum atomic E-state index is 15.3. The number of rotatable bonds is 19. The zero-order chi connectivity index (χ0) is 43.5. The number of hydrogen-bond acceptors (Lipinski definition) is 8. The molecule has 1 saturated heterocycles. The number of urea groups is 1. The summed E-state index contributed by atoms with van der Waals surface area (Å²) < 4.78 is 32.9. The first-order valence-corrected chi connectivity index (χ1v) is 24.4. The molecule has 5 aliphatic rings. The maximum Gasteiger partial charge on any atom is 0.315 e. The Balaban J connectivity index is 1.27. The Morgan fingerprint density at radius 2 is 1.53 bits per heavy atom. The average molecular weight is 854 g/mol. The fourth-order valence-corrected chi connectivity index (χ4v) is 12.3. The van der Waals surface area contributed by atoms with Gasteiger partial charge in [0.05, 0.1) is 35.3 Å². The Labute approximate surface area is 358 Å². The van der Waals surface area contributed by atoms with E-state index in [2.05, 4.69) is 28.2 Å². The number of likely N-dealkylation sites (tertiary alicyclic amines) is 1. The molecular formula is C46H71N5O8S. The van der Waals surface area contributed by atoms with E-state index in [1.165, 1.54) is 0 Å². The second-order valence-electron chi connectivity index (χ2n) is 20.0. The molecule has 1 aliphatic heterocycles. The number of fused-ring (bicyclic) bond motifs is 1. The van der Waals surface area contributed by atoms with Crippen LogP contribution in [0.1, 0.15) is 143 Å². The number of carbonyl (C=O) groups excluding carboxylic acids is 5. The molecule has 334 valence electrons. The van der Waals surface area contributed by atoms with Crippen LogP contribution in [0.3, 0.4) is 0 Å². The predicted molar refractivity (Wildman–Crippen MR) is 230 cm³/mol. The summed E-state index contributed by atoms with van der Waals surface area (Å²) in [6.45, 7) is 12.4. The van der Waals surface area contributed by atoms with E-state index in [0.29, 0.717) is 51.7 Å². The van der Waals surface area contributed by atoms with Crippen LogP contribution in [0.5, 0.6) is 0 Å². The summed E-state index contributed by atoms with van der Waals surface area (Å²) in [5, 5.41) is 11.9. The van der Waals surface area contributed by atoms with Gasteiger partial charge < -0.3 is 30.9 Å². The first-order valence-electron chi connectivity index (χ1n) is 22.8. The summed E-state index contributed by atoms with van der Waals surface area (Å²) in [6.07, 6.45) is 10.6. The lowest BCUT2D eigenvalue weighted by Crippen LogP contribution is -2.65. The summed E-state index contributed by atoms with van der Waals surface area (Å²) in [6, 6.07) is 6.25. The number of sulfone groups is 1. The van der Waals surface area contributed by atoms with Crippen LogP contribution in [0, 0.1) is 22.7 Å². The van der Waals surface area contributed by atoms with Gasteiger partial charge >= 0.3 is 6.03 Å². The van der Waals surface area contributed by atoms with Crippen LogP contribution in [0.4, 0.5) is 4.79 Å². The summed E-state index contributed by atoms with van der Waals surface area (Å²) in [4.78, 5) is 72.3. The van der Waals surface area contributed by atoms with Gasteiger partial charge in [-0.05, 0) is 82.1 Å². The topological polar surface area (TPSA) is 180 Å². The van der Waals surface area contributed by atoms with Crippen LogP contribution in [0.25, 0.3) is 0 Å². The van der Waals surface area contributed by atoms with Crippen molar-refractivity contribution in [2.75, 3.05) is 18.9 Å². The standard InChI is InChI=1S/C46H71N5O8S/c1-7-18-34(37(52)40(54)47-32-21-22-32)48-39(53)36-35-33(45(35,6)29-59-28-31-19-12-9-13-20-31)27-51(36)41(55)38(44(5)23-14-10-15-24-44)49-42(56)50-46(25-16-11-17-26-46)30-60(57,58)43(3,4)8-2/h9,12-13,19-20,32-36,38H,7-8,10-11,14-18,21-30H2,1-6H3,(H,47,54)(H,48,53)(H2,49,50,56)/t33-,34?,35-,36-,38+,45+/m0/s1. The van der Waals surface area contributed by atoms with Crippen LogP contribution in [0.2, 0.25) is 0 Å². The van der Waals surface area contributed by atoms with E-state index in [1.807, 2.05) is 51.1 Å². The number of piperidine rings is 1. The predicted octanol–water partition coefficient (Wildman–Crippen LogP) is 5.74.